The lowest BCUT2D eigenvalue weighted by atomic mass is 10.2. The van der Waals surface area contributed by atoms with Crippen molar-refractivity contribution in [1.82, 2.24) is 0 Å². The van der Waals surface area contributed by atoms with Crippen LogP contribution in [0.5, 0.6) is 0 Å². The number of rotatable bonds is 3. The van der Waals surface area contributed by atoms with Crippen molar-refractivity contribution >= 4 is 44.5 Å². The second kappa shape index (κ2) is 5.67. The lowest BCUT2D eigenvalue weighted by Gasteiger charge is -2.21. The van der Waals surface area contributed by atoms with Gasteiger partial charge in [0.15, 0.2) is 0 Å². The van der Waals surface area contributed by atoms with Gasteiger partial charge in [-0.1, -0.05) is 24.4 Å². The molecule has 2 aromatic carbocycles. The molecule has 0 heterocycles. The minimum atomic E-state index is -0.264. The van der Waals surface area contributed by atoms with Gasteiger partial charge in [0.25, 0.3) is 0 Å². The number of anilines is 2. The zero-order valence-electron chi connectivity index (χ0n) is 10.2. The van der Waals surface area contributed by atoms with Crippen molar-refractivity contribution in [2.24, 2.45) is 5.73 Å². The summed E-state index contributed by atoms with van der Waals surface area (Å²) < 4.78 is 14.5. The summed E-state index contributed by atoms with van der Waals surface area (Å²) in [4.78, 5) is 2.09. The van der Waals surface area contributed by atoms with Gasteiger partial charge in [0, 0.05) is 22.8 Å². The quantitative estimate of drug-likeness (QED) is 0.858. The number of hydrogen-bond donors (Lipinski definition) is 1. The molecule has 2 nitrogen and oxygen atoms in total. The van der Waals surface area contributed by atoms with Crippen LogP contribution in [-0.4, -0.2) is 12.0 Å². The number of para-hydroxylation sites is 1. The van der Waals surface area contributed by atoms with Gasteiger partial charge in [0.05, 0.1) is 5.69 Å². The second-order valence-electron chi connectivity index (χ2n) is 4.04. The van der Waals surface area contributed by atoms with Crippen molar-refractivity contribution in [3.8, 4) is 0 Å². The van der Waals surface area contributed by atoms with Gasteiger partial charge in [-0.2, -0.15) is 0 Å². The summed E-state index contributed by atoms with van der Waals surface area (Å²) in [6, 6.07) is 12.2. The third kappa shape index (κ3) is 2.93. The van der Waals surface area contributed by atoms with Crippen LogP contribution in [0.25, 0.3) is 0 Å². The molecule has 0 spiro atoms. The molecular formula is C14H12BrFN2S. The van der Waals surface area contributed by atoms with Crippen molar-refractivity contribution in [3.63, 3.8) is 0 Å². The Kier molecular flexibility index (Phi) is 4.17. The lowest BCUT2D eigenvalue weighted by molar-refractivity contribution is 0.627. The standard InChI is InChI=1S/C14H12BrFN2S/c1-18(13-5-3-2-4-12(13)16)9-6-7-10(14(17)19)11(15)8-9/h2-8H,1H3,(H2,17,19). The Balaban J connectivity index is 2.40. The maximum Gasteiger partial charge on any atom is 0.146 e. The number of hydrogen-bond acceptors (Lipinski definition) is 2. The monoisotopic (exact) mass is 338 g/mol. The molecule has 0 aliphatic heterocycles. The van der Waals surface area contributed by atoms with E-state index in [1.54, 1.807) is 30.1 Å². The summed E-state index contributed by atoms with van der Waals surface area (Å²) in [5, 5.41) is 0. The molecule has 0 radical (unpaired) electrons. The summed E-state index contributed by atoms with van der Waals surface area (Å²) in [6.07, 6.45) is 0. The Morgan fingerprint density at radius 2 is 1.95 bits per heavy atom. The Bertz CT molecular complexity index is 631. The first kappa shape index (κ1) is 14.0. The molecule has 0 bridgehead atoms. The van der Waals surface area contributed by atoms with E-state index < -0.39 is 0 Å². The van der Waals surface area contributed by atoms with Crippen LogP contribution in [0.1, 0.15) is 5.56 Å². The van der Waals surface area contributed by atoms with E-state index in [1.165, 1.54) is 6.07 Å². The van der Waals surface area contributed by atoms with Crippen LogP contribution >= 0.6 is 28.1 Å². The largest absolute Gasteiger partial charge is 0.389 e. The highest BCUT2D eigenvalue weighted by atomic mass is 79.9. The number of nitrogens with zero attached hydrogens (tertiary/aromatic N) is 1. The predicted octanol–water partition coefficient (Wildman–Crippen LogP) is 3.99. The van der Waals surface area contributed by atoms with E-state index >= 15 is 0 Å². The van der Waals surface area contributed by atoms with E-state index in [4.69, 9.17) is 18.0 Å². The molecule has 2 aromatic rings. The van der Waals surface area contributed by atoms with Gasteiger partial charge in [0.1, 0.15) is 10.8 Å². The molecule has 5 heteroatoms. The van der Waals surface area contributed by atoms with Gasteiger partial charge >= 0.3 is 0 Å². The van der Waals surface area contributed by atoms with Crippen LogP contribution < -0.4 is 10.6 Å². The minimum absolute atomic E-state index is 0.264. The molecule has 0 amide bonds. The summed E-state index contributed by atoms with van der Waals surface area (Å²) in [5.41, 5.74) is 7.72. The van der Waals surface area contributed by atoms with Crippen molar-refractivity contribution in [2.45, 2.75) is 0 Å². The van der Waals surface area contributed by atoms with Crippen LogP contribution in [0, 0.1) is 5.82 Å². The Morgan fingerprint density at radius 3 is 2.53 bits per heavy atom. The highest BCUT2D eigenvalue weighted by Gasteiger charge is 2.11. The van der Waals surface area contributed by atoms with Gasteiger partial charge in [-0.15, -0.1) is 0 Å². The van der Waals surface area contributed by atoms with Crippen molar-refractivity contribution < 1.29 is 4.39 Å². The van der Waals surface area contributed by atoms with Crippen molar-refractivity contribution in [2.75, 3.05) is 11.9 Å². The molecule has 0 saturated carbocycles. The zero-order valence-corrected chi connectivity index (χ0v) is 12.6. The number of nitrogens with two attached hydrogens (primary N) is 1. The molecule has 0 saturated heterocycles. The first-order chi connectivity index (χ1) is 9.00. The predicted molar refractivity (Wildman–Crippen MR) is 84.5 cm³/mol. The molecule has 0 aromatic heterocycles. The molecule has 0 unspecified atom stereocenters. The Morgan fingerprint density at radius 1 is 1.26 bits per heavy atom. The van der Waals surface area contributed by atoms with Gasteiger partial charge in [-0.25, -0.2) is 4.39 Å². The summed E-state index contributed by atoms with van der Waals surface area (Å²) in [7, 11) is 1.81. The van der Waals surface area contributed by atoms with Gasteiger partial charge in [-0.3, -0.25) is 0 Å². The van der Waals surface area contributed by atoms with E-state index in [-0.39, 0.29) is 5.82 Å². The highest BCUT2D eigenvalue weighted by Crippen LogP contribution is 2.29. The topological polar surface area (TPSA) is 29.3 Å². The fraction of sp³-hybridized carbons (Fsp3) is 0.0714. The highest BCUT2D eigenvalue weighted by molar-refractivity contribution is 9.10. The normalized spacial score (nSPS) is 10.3. The van der Waals surface area contributed by atoms with Crippen LogP contribution in [0.4, 0.5) is 15.8 Å². The molecule has 2 rings (SSSR count). The molecule has 98 valence electrons. The van der Waals surface area contributed by atoms with Crippen LogP contribution in [0.3, 0.4) is 0 Å². The fourth-order valence-corrected chi connectivity index (χ4v) is 2.66. The third-order valence-corrected chi connectivity index (χ3v) is 3.70. The first-order valence-electron chi connectivity index (χ1n) is 5.58. The smallest absolute Gasteiger partial charge is 0.146 e. The summed E-state index contributed by atoms with van der Waals surface area (Å²) in [5.74, 6) is -0.264. The van der Waals surface area contributed by atoms with E-state index in [1.807, 2.05) is 18.2 Å². The lowest BCUT2D eigenvalue weighted by Crippen LogP contribution is -2.13. The first-order valence-corrected chi connectivity index (χ1v) is 6.78. The van der Waals surface area contributed by atoms with Crippen LogP contribution in [0.15, 0.2) is 46.9 Å². The van der Waals surface area contributed by atoms with E-state index in [9.17, 15) is 4.39 Å². The van der Waals surface area contributed by atoms with Crippen LogP contribution in [-0.2, 0) is 0 Å². The average molecular weight is 339 g/mol. The molecule has 0 aliphatic rings. The molecular weight excluding hydrogens is 327 g/mol. The Hall–Kier alpha value is -1.46. The maximum absolute atomic E-state index is 13.7. The van der Waals surface area contributed by atoms with Crippen molar-refractivity contribution in [3.05, 3.63) is 58.3 Å². The molecule has 0 fully saturated rings. The van der Waals surface area contributed by atoms with E-state index in [0.29, 0.717) is 10.7 Å². The van der Waals surface area contributed by atoms with E-state index in [0.717, 1.165) is 15.7 Å². The number of halogens is 2. The number of thiocarbonyl (C=S) groups is 1. The van der Waals surface area contributed by atoms with Crippen molar-refractivity contribution in [1.29, 1.82) is 0 Å². The minimum Gasteiger partial charge on any atom is -0.389 e. The second-order valence-corrected chi connectivity index (χ2v) is 5.33. The van der Waals surface area contributed by atoms with E-state index in [2.05, 4.69) is 15.9 Å². The zero-order chi connectivity index (χ0) is 14.0. The molecule has 2 N–H and O–H groups in total. The summed E-state index contributed by atoms with van der Waals surface area (Å²) in [6.45, 7) is 0. The van der Waals surface area contributed by atoms with Gasteiger partial charge in [0.2, 0.25) is 0 Å². The third-order valence-electron chi connectivity index (χ3n) is 2.82. The van der Waals surface area contributed by atoms with Gasteiger partial charge < -0.3 is 10.6 Å². The average Bonchev–Trinajstić information content (AvgIpc) is 2.38. The summed E-state index contributed by atoms with van der Waals surface area (Å²) >= 11 is 8.37. The molecule has 19 heavy (non-hydrogen) atoms. The molecule has 0 aliphatic carbocycles. The number of benzene rings is 2. The van der Waals surface area contributed by atoms with Gasteiger partial charge in [-0.05, 0) is 46.3 Å². The maximum atomic E-state index is 13.7. The SMILES string of the molecule is CN(c1ccc(C(N)=S)c(Br)c1)c1ccccc1F. The van der Waals surface area contributed by atoms with Crippen LogP contribution in [0.2, 0.25) is 0 Å². The fourth-order valence-electron chi connectivity index (χ4n) is 1.78. The Labute approximate surface area is 125 Å². The molecule has 0 atom stereocenters.